The summed E-state index contributed by atoms with van der Waals surface area (Å²) >= 11 is 0. The van der Waals surface area contributed by atoms with Crippen LogP contribution in [0.2, 0.25) is 0 Å². The number of hydrogen-bond acceptors (Lipinski definition) is 2. The second-order valence-corrected chi connectivity index (χ2v) is 9.94. The normalized spacial score (nSPS) is 13.5. The van der Waals surface area contributed by atoms with Crippen molar-refractivity contribution < 1.29 is 28.5 Å². The summed E-state index contributed by atoms with van der Waals surface area (Å²) in [6.45, 7) is 6.43. The molecule has 0 amide bonds. The van der Waals surface area contributed by atoms with Gasteiger partial charge in [0.05, 0.1) is 0 Å². The first-order valence-electron chi connectivity index (χ1n) is 8.37. The zero-order valence-electron chi connectivity index (χ0n) is 15.8. The molecule has 3 rings (SSSR count). The molecule has 128 valence electrons. The molecule has 0 N–H and O–H groups in total. The molecule has 1 atom stereocenters. The first-order chi connectivity index (χ1) is 11.8. The van der Waals surface area contributed by atoms with Crippen LogP contribution in [0.4, 0.5) is 0 Å². The molecule has 0 saturated carbocycles. The van der Waals surface area contributed by atoms with Crippen LogP contribution in [0.1, 0.15) is 26.3 Å². The second-order valence-electron chi connectivity index (χ2n) is 7.21. The fraction of sp³-hybridized carbons (Fsp3) is 0.182. The van der Waals surface area contributed by atoms with Crippen molar-refractivity contribution in [1.29, 1.82) is 0 Å². The van der Waals surface area contributed by atoms with Crippen molar-refractivity contribution in [1.82, 2.24) is 0 Å². The third kappa shape index (κ3) is 3.84. The van der Waals surface area contributed by atoms with Gasteiger partial charge < -0.3 is 9.67 Å². The summed E-state index contributed by atoms with van der Waals surface area (Å²) in [7, 11) is -3.20. The Morgan fingerprint density at radius 1 is 0.731 bits per heavy atom. The van der Waals surface area contributed by atoms with Crippen LogP contribution in [0.15, 0.2) is 78.9 Å². The Morgan fingerprint density at radius 3 is 1.77 bits per heavy atom. The zero-order chi connectivity index (χ0) is 18.1. The number of para-hydroxylation sites is 1. The van der Waals surface area contributed by atoms with E-state index in [0.717, 1.165) is 0 Å². The molecule has 26 heavy (non-hydrogen) atoms. The molecule has 0 spiro atoms. The molecule has 0 bridgehead atoms. The first-order valence-corrected chi connectivity index (χ1v) is 10.1. The van der Waals surface area contributed by atoms with E-state index in [2.05, 4.69) is 20.8 Å². The molecule has 0 heterocycles. The summed E-state index contributed by atoms with van der Waals surface area (Å²) in [5, 5.41) is 14.2. The molecule has 0 radical (unpaired) electrons. The minimum Gasteiger partial charge on any atom is -0.872 e. The predicted octanol–water partition coefficient (Wildman–Crippen LogP) is 0.701. The van der Waals surface area contributed by atoms with Gasteiger partial charge in [0, 0.05) is 15.9 Å². The van der Waals surface area contributed by atoms with Gasteiger partial charge in [-0.1, -0.05) is 105 Å². The molecule has 0 fully saturated rings. The van der Waals surface area contributed by atoms with E-state index in [0.29, 0.717) is 15.9 Å². The van der Waals surface area contributed by atoms with Gasteiger partial charge in [-0.05, 0) is 11.0 Å². The van der Waals surface area contributed by atoms with E-state index in [-0.39, 0.29) is 30.0 Å². The fourth-order valence-corrected chi connectivity index (χ4v) is 5.65. The van der Waals surface area contributed by atoms with E-state index in [4.69, 9.17) is 0 Å². The molecule has 0 saturated heterocycles. The summed E-state index contributed by atoms with van der Waals surface area (Å²) in [5.74, 6) is -0.186. The van der Waals surface area contributed by atoms with Crippen LogP contribution in [-0.4, -0.2) is 0 Å². The minimum absolute atomic E-state index is 0. The topological polar surface area (TPSA) is 40.1 Å². The molecule has 0 aliphatic rings. The molecular formula is C22H22LiO2P. The van der Waals surface area contributed by atoms with Crippen molar-refractivity contribution >= 4 is 23.1 Å². The summed E-state index contributed by atoms with van der Waals surface area (Å²) in [6, 6.07) is 23.7. The Morgan fingerprint density at radius 2 is 1.23 bits per heavy atom. The van der Waals surface area contributed by atoms with Gasteiger partial charge in [-0.15, -0.1) is 0 Å². The van der Waals surface area contributed by atoms with E-state index in [1.807, 2.05) is 54.6 Å². The van der Waals surface area contributed by atoms with Gasteiger partial charge in [0.25, 0.3) is 0 Å². The maximum atomic E-state index is 14.2. The van der Waals surface area contributed by atoms with Crippen molar-refractivity contribution in [2.75, 3.05) is 0 Å². The monoisotopic (exact) mass is 356 g/mol. The minimum atomic E-state index is -3.20. The van der Waals surface area contributed by atoms with Crippen LogP contribution < -0.4 is 39.9 Å². The van der Waals surface area contributed by atoms with Crippen LogP contribution >= 0.6 is 7.14 Å². The standard InChI is InChI=1S/C22H23O2P.Li/c1-22(2,3)17-13-15-19(16-14-17)25(24,18-9-5-4-6-10-18)21-12-8-7-11-20(21)23;/h4-16,23H,1-3H3;/q;+1/p-1. The van der Waals surface area contributed by atoms with Gasteiger partial charge in [0.2, 0.25) is 0 Å². The third-order valence-corrected chi connectivity index (χ3v) is 7.52. The van der Waals surface area contributed by atoms with Gasteiger partial charge in [-0.25, -0.2) is 0 Å². The Labute approximate surface area is 167 Å². The van der Waals surface area contributed by atoms with Crippen molar-refractivity contribution in [2.45, 2.75) is 26.2 Å². The van der Waals surface area contributed by atoms with Gasteiger partial charge in [-0.3, -0.25) is 0 Å². The SMILES string of the molecule is CC(C)(C)c1ccc(P(=O)(c2ccccc2)c2ccccc2[O-])cc1.[Li+]. The van der Waals surface area contributed by atoms with Crippen molar-refractivity contribution in [3.05, 3.63) is 84.4 Å². The molecule has 3 aromatic rings. The maximum absolute atomic E-state index is 14.2. The average Bonchev–Trinajstić information content (AvgIpc) is 2.61. The van der Waals surface area contributed by atoms with Crippen molar-refractivity contribution in [3.8, 4) is 5.75 Å². The Hall–Kier alpha value is -1.71. The molecule has 1 unspecified atom stereocenters. The quantitative estimate of drug-likeness (QED) is 0.512. The summed E-state index contributed by atoms with van der Waals surface area (Å²) in [6.07, 6.45) is 0. The molecule has 3 aromatic carbocycles. The average molecular weight is 356 g/mol. The first kappa shape index (κ1) is 20.6. The Balaban J connectivity index is 0.00000243. The Bertz CT molecular complexity index is 913. The van der Waals surface area contributed by atoms with Crippen LogP contribution in [0.5, 0.6) is 5.75 Å². The van der Waals surface area contributed by atoms with E-state index in [1.54, 1.807) is 18.2 Å². The van der Waals surface area contributed by atoms with Crippen LogP contribution in [0.25, 0.3) is 0 Å². The van der Waals surface area contributed by atoms with Gasteiger partial charge in [0.1, 0.15) is 0 Å². The number of hydrogen-bond donors (Lipinski definition) is 0. The van der Waals surface area contributed by atoms with Crippen molar-refractivity contribution in [2.24, 2.45) is 0 Å². The van der Waals surface area contributed by atoms with E-state index in [1.165, 1.54) is 11.6 Å². The smallest absolute Gasteiger partial charge is 0.872 e. The molecule has 0 aliphatic heterocycles. The molecule has 4 heteroatoms. The summed E-state index contributed by atoms with van der Waals surface area (Å²) < 4.78 is 14.2. The summed E-state index contributed by atoms with van der Waals surface area (Å²) in [4.78, 5) is 0. The van der Waals surface area contributed by atoms with Gasteiger partial charge >= 0.3 is 18.9 Å². The molecular weight excluding hydrogens is 334 g/mol. The molecule has 0 aromatic heterocycles. The predicted molar refractivity (Wildman–Crippen MR) is 104 cm³/mol. The fourth-order valence-electron chi connectivity index (χ4n) is 2.95. The van der Waals surface area contributed by atoms with E-state index in [9.17, 15) is 9.67 Å². The zero-order valence-corrected chi connectivity index (χ0v) is 16.7. The second kappa shape index (κ2) is 7.89. The van der Waals surface area contributed by atoms with Crippen molar-refractivity contribution in [3.63, 3.8) is 0 Å². The van der Waals surface area contributed by atoms with Crippen LogP contribution in [0, 0.1) is 0 Å². The van der Waals surface area contributed by atoms with Gasteiger partial charge in [0.15, 0.2) is 7.14 Å². The Kier molecular flexibility index (Phi) is 6.25. The number of rotatable bonds is 3. The molecule has 0 aliphatic carbocycles. The number of benzene rings is 3. The van der Waals surface area contributed by atoms with Crippen LogP contribution in [0.3, 0.4) is 0 Å². The third-order valence-electron chi connectivity index (χ3n) is 4.42. The van der Waals surface area contributed by atoms with E-state index >= 15 is 0 Å². The molecule has 2 nitrogen and oxygen atoms in total. The summed E-state index contributed by atoms with van der Waals surface area (Å²) in [5.41, 5.74) is 1.19. The largest absolute Gasteiger partial charge is 1.00 e. The maximum Gasteiger partial charge on any atom is 1.00 e. The van der Waals surface area contributed by atoms with Gasteiger partial charge in [-0.2, -0.15) is 0 Å². The van der Waals surface area contributed by atoms with E-state index < -0.39 is 7.14 Å². The van der Waals surface area contributed by atoms with Crippen LogP contribution in [-0.2, 0) is 9.98 Å².